The average Bonchev–Trinajstić information content (AvgIpc) is 2.79. The first-order valence-electron chi connectivity index (χ1n) is 5.19. The molecule has 0 aliphatic heterocycles. The highest BCUT2D eigenvalue weighted by atomic mass is 16.3. The number of nitrogens with zero attached hydrogens (tertiary/aromatic N) is 1. The highest BCUT2D eigenvalue weighted by molar-refractivity contribution is 5.32. The third kappa shape index (κ3) is 2.41. The van der Waals surface area contributed by atoms with Crippen molar-refractivity contribution in [2.75, 3.05) is 12.8 Å². The van der Waals surface area contributed by atoms with E-state index in [1.807, 2.05) is 25.2 Å². The fourth-order valence-corrected chi connectivity index (χ4v) is 1.72. The van der Waals surface area contributed by atoms with Crippen molar-refractivity contribution < 1.29 is 4.42 Å². The van der Waals surface area contributed by atoms with Crippen molar-refractivity contribution in [1.82, 2.24) is 10.3 Å². The van der Waals surface area contributed by atoms with Gasteiger partial charge in [-0.05, 0) is 37.2 Å². The molecule has 0 amide bonds. The Labute approximate surface area is 94.5 Å². The number of rotatable bonds is 4. The van der Waals surface area contributed by atoms with Gasteiger partial charge in [0.2, 0.25) is 0 Å². The monoisotopic (exact) mass is 217 g/mol. The summed E-state index contributed by atoms with van der Waals surface area (Å²) in [5, 5.41) is 3.25. The molecular formula is C12H15N3O. The van der Waals surface area contributed by atoms with Crippen LogP contribution in [0.5, 0.6) is 0 Å². The second kappa shape index (κ2) is 4.81. The SMILES string of the molecule is CNC(Cc1ccnc(N)c1)c1ccoc1. The molecule has 3 N–H and O–H groups in total. The summed E-state index contributed by atoms with van der Waals surface area (Å²) in [5.41, 5.74) is 7.94. The molecule has 4 nitrogen and oxygen atoms in total. The van der Waals surface area contributed by atoms with E-state index < -0.39 is 0 Å². The summed E-state index contributed by atoms with van der Waals surface area (Å²) in [4.78, 5) is 3.97. The summed E-state index contributed by atoms with van der Waals surface area (Å²) < 4.78 is 5.08. The maximum atomic E-state index is 5.64. The summed E-state index contributed by atoms with van der Waals surface area (Å²) in [7, 11) is 1.93. The first-order chi connectivity index (χ1) is 7.79. The van der Waals surface area contributed by atoms with Crippen LogP contribution in [-0.2, 0) is 6.42 Å². The first kappa shape index (κ1) is 10.7. The minimum absolute atomic E-state index is 0.237. The van der Waals surface area contributed by atoms with E-state index in [0.717, 1.165) is 17.5 Å². The van der Waals surface area contributed by atoms with Crippen LogP contribution in [0.1, 0.15) is 17.2 Å². The highest BCUT2D eigenvalue weighted by Gasteiger charge is 2.11. The number of likely N-dealkylation sites (N-methyl/N-ethyl adjacent to an activating group) is 1. The number of furan rings is 1. The summed E-state index contributed by atoms with van der Waals surface area (Å²) in [5.74, 6) is 0.555. The Bertz CT molecular complexity index is 439. The number of anilines is 1. The Morgan fingerprint density at radius 1 is 1.50 bits per heavy atom. The third-order valence-corrected chi connectivity index (χ3v) is 2.58. The van der Waals surface area contributed by atoms with E-state index in [1.165, 1.54) is 0 Å². The molecule has 0 bridgehead atoms. The molecule has 0 fully saturated rings. The highest BCUT2D eigenvalue weighted by Crippen LogP contribution is 2.18. The Balaban J connectivity index is 2.13. The Morgan fingerprint density at radius 3 is 3.00 bits per heavy atom. The molecule has 84 valence electrons. The second-order valence-corrected chi connectivity index (χ2v) is 3.69. The van der Waals surface area contributed by atoms with E-state index >= 15 is 0 Å². The van der Waals surface area contributed by atoms with Gasteiger partial charge in [-0.2, -0.15) is 0 Å². The predicted octanol–water partition coefficient (Wildman–Crippen LogP) is 1.76. The van der Waals surface area contributed by atoms with Crippen LogP contribution in [0.3, 0.4) is 0 Å². The molecule has 0 saturated heterocycles. The van der Waals surface area contributed by atoms with E-state index in [0.29, 0.717) is 5.82 Å². The lowest BCUT2D eigenvalue weighted by atomic mass is 10.0. The molecule has 0 saturated carbocycles. The van der Waals surface area contributed by atoms with Gasteiger partial charge in [0.15, 0.2) is 0 Å². The molecule has 2 rings (SSSR count). The van der Waals surface area contributed by atoms with E-state index in [4.69, 9.17) is 10.2 Å². The lowest BCUT2D eigenvalue weighted by molar-refractivity contribution is 0.542. The van der Waals surface area contributed by atoms with Crippen LogP contribution in [0.15, 0.2) is 41.3 Å². The first-order valence-corrected chi connectivity index (χ1v) is 5.19. The van der Waals surface area contributed by atoms with E-state index in [2.05, 4.69) is 10.3 Å². The number of pyridine rings is 1. The summed E-state index contributed by atoms with van der Waals surface area (Å²) in [6, 6.07) is 6.07. The molecule has 0 aliphatic rings. The van der Waals surface area contributed by atoms with Crippen LogP contribution in [0, 0.1) is 0 Å². The number of nitrogen functional groups attached to an aromatic ring is 1. The molecule has 2 aromatic rings. The van der Waals surface area contributed by atoms with Gasteiger partial charge in [0.25, 0.3) is 0 Å². The van der Waals surface area contributed by atoms with Gasteiger partial charge in [0.05, 0.1) is 12.5 Å². The summed E-state index contributed by atoms with van der Waals surface area (Å²) >= 11 is 0. The van der Waals surface area contributed by atoms with Gasteiger partial charge < -0.3 is 15.5 Å². The molecule has 0 spiro atoms. The van der Waals surface area contributed by atoms with Crippen LogP contribution in [0.2, 0.25) is 0 Å². The largest absolute Gasteiger partial charge is 0.472 e. The molecule has 0 aliphatic carbocycles. The van der Waals surface area contributed by atoms with Crippen LogP contribution < -0.4 is 11.1 Å². The van der Waals surface area contributed by atoms with Crippen molar-refractivity contribution >= 4 is 5.82 Å². The molecule has 2 aromatic heterocycles. The van der Waals surface area contributed by atoms with Gasteiger partial charge in [0.1, 0.15) is 5.82 Å². The Morgan fingerprint density at radius 2 is 2.38 bits per heavy atom. The van der Waals surface area contributed by atoms with Gasteiger partial charge in [-0.25, -0.2) is 4.98 Å². The van der Waals surface area contributed by atoms with Gasteiger partial charge in [0, 0.05) is 17.8 Å². The van der Waals surface area contributed by atoms with Crippen molar-refractivity contribution in [3.05, 3.63) is 48.0 Å². The number of hydrogen-bond donors (Lipinski definition) is 2. The smallest absolute Gasteiger partial charge is 0.123 e. The van der Waals surface area contributed by atoms with Gasteiger partial charge in [-0.3, -0.25) is 0 Å². The van der Waals surface area contributed by atoms with Gasteiger partial charge in [-0.1, -0.05) is 0 Å². The molecule has 4 heteroatoms. The number of nitrogens with one attached hydrogen (secondary N) is 1. The Hall–Kier alpha value is -1.81. The van der Waals surface area contributed by atoms with Crippen molar-refractivity contribution in [1.29, 1.82) is 0 Å². The fraction of sp³-hybridized carbons (Fsp3) is 0.250. The number of nitrogens with two attached hydrogens (primary N) is 1. The zero-order valence-electron chi connectivity index (χ0n) is 9.18. The molecule has 16 heavy (non-hydrogen) atoms. The van der Waals surface area contributed by atoms with E-state index in [-0.39, 0.29) is 6.04 Å². The zero-order valence-corrected chi connectivity index (χ0v) is 9.18. The van der Waals surface area contributed by atoms with Crippen molar-refractivity contribution in [2.45, 2.75) is 12.5 Å². The van der Waals surface area contributed by atoms with Crippen LogP contribution in [0.4, 0.5) is 5.82 Å². The maximum absolute atomic E-state index is 5.64. The quantitative estimate of drug-likeness (QED) is 0.819. The average molecular weight is 217 g/mol. The zero-order chi connectivity index (χ0) is 11.4. The predicted molar refractivity (Wildman–Crippen MR) is 62.9 cm³/mol. The molecule has 0 radical (unpaired) electrons. The van der Waals surface area contributed by atoms with Crippen LogP contribution >= 0.6 is 0 Å². The summed E-state index contributed by atoms with van der Waals surface area (Å²) in [6.45, 7) is 0. The van der Waals surface area contributed by atoms with Crippen LogP contribution in [0.25, 0.3) is 0 Å². The molecule has 2 heterocycles. The topological polar surface area (TPSA) is 64.1 Å². The second-order valence-electron chi connectivity index (χ2n) is 3.69. The molecule has 1 unspecified atom stereocenters. The number of aromatic nitrogens is 1. The van der Waals surface area contributed by atoms with E-state index in [1.54, 1.807) is 18.7 Å². The van der Waals surface area contributed by atoms with Crippen molar-refractivity contribution in [2.24, 2.45) is 0 Å². The fourth-order valence-electron chi connectivity index (χ4n) is 1.72. The van der Waals surface area contributed by atoms with Crippen molar-refractivity contribution in [3.8, 4) is 0 Å². The minimum Gasteiger partial charge on any atom is -0.472 e. The maximum Gasteiger partial charge on any atom is 0.123 e. The number of hydrogen-bond acceptors (Lipinski definition) is 4. The lowest BCUT2D eigenvalue weighted by Crippen LogP contribution is -2.18. The van der Waals surface area contributed by atoms with Crippen molar-refractivity contribution in [3.63, 3.8) is 0 Å². The van der Waals surface area contributed by atoms with E-state index in [9.17, 15) is 0 Å². The Kier molecular flexibility index (Phi) is 3.22. The standard InChI is InChI=1S/C12H15N3O/c1-14-11(10-3-5-16-8-10)6-9-2-4-15-12(13)7-9/h2-5,7-8,11,14H,6H2,1H3,(H2,13,15). The van der Waals surface area contributed by atoms with Crippen LogP contribution in [-0.4, -0.2) is 12.0 Å². The molecule has 1 atom stereocenters. The van der Waals surface area contributed by atoms with Gasteiger partial charge >= 0.3 is 0 Å². The van der Waals surface area contributed by atoms with Gasteiger partial charge in [-0.15, -0.1) is 0 Å². The molecule has 0 aromatic carbocycles. The molecular weight excluding hydrogens is 202 g/mol. The minimum atomic E-state index is 0.237. The summed E-state index contributed by atoms with van der Waals surface area (Å²) in [6.07, 6.45) is 6.03. The lowest BCUT2D eigenvalue weighted by Gasteiger charge is -2.14. The normalized spacial score (nSPS) is 12.6. The third-order valence-electron chi connectivity index (χ3n) is 2.58.